The zero-order chi connectivity index (χ0) is 12.5. The van der Waals surface area contributed by atoms with Crippen molar-refractivity contribution < 1.29 is 4.79 Å². The number of carbonyl (C=O) groups is 1. The molecule has 1 heterocycles. The van der Waals surface area contributed by atoms with Gasteiger partial charge < -0.3 is 4.90 Å². The SMILES string of the molecule is CC(Cl)C(=O)N1CC2CCCCCC2(C#N)C1. The Bertz CT molecular complexity index is 350. The average Bonchev–Trinajstić information content (AvgIpc) is 2.56. The number of amides is 1. The van der Waals surface area contributed by atoms with Crippen molar-refractivity contribution in [1.82, 2.24) is 4.90 Å². The van der Waals surface area contributed by atoms with E-state index in [1.807, 2.05) is 0 Å². The molecule has 0 N–H and O–H groups in total. The smallest absolute Gasteiger partial charge is 0.240 e. The number of halogens is 1. The van der Waals surface area contributed by atoms with Crippen LogP contribution in [0.2, 0.25) is 0 Å². The molecular weight excluding hydrogens is 236 g/mol. The van der Waals surface area contributed by atoms with Gasteiger partial charge in [-0.3, -0.25) is 4.79 Å². The van der Waals surface area contributed by atoms with Crippen molar-refractivity contribution in [2.45, 2.75) is 44.4 Å². The predicted molar refractivity (Wildman–Crippen MR) is 66.5 cm³/mol. The van der Waals surface area contributed by atoms with Gasteiger partial charge >= 0.3 is 0 Å². The lowest BCUT2D eigenvalue weighted by molar-refractivity contribution is -0.129. The van der Waals surface area contributed by atoms with Crippen LogP contribution < -0.4 is 0 Å². The zero-order valence-corrected chi connectivity index (χ0v) is 11.0. The fourth-order valence-corrected chi connectivity index (χ4v) is 3.37. The van der Waals surface area contributed by atoms with Crippen LogP contribution in [0, 0.1) is 22.7 Å². The number of rotatable bonds is 1. The molecule has 2 fully saturated rings. The normalized spacial score (nSPS) is 34.6. The van der Waals surface area contributed by atoms with Gasteiger partial charge in [0.15, 0.2) is 0 Å². The van der Waals surface area contributed by atoms with Crippen molar-refractivity contribution in [1.29, 1.82) is 5.26 Å². The lowest BCUT2D eigenvalue weighted by Gasteiger charge is -2.24. The summed E-state index contributed by atoms with van der Waals surface area (Å²) in [4.78, 5) is 13.7. The molecule has 3 atom stereocenters. The highest BCUT2D eigenvalue weighted by atomic mass is 35.5. The van der Waals surface area contributed by atoms with Gasteiger partial charge in [0.05, 0.1) is 11.5 Å². The van der Waals surface area contributed by atoms with Crippen LogP contribution in [0.5, 0.6) is 0 Å². The summed E-state index contributed by atoms with van der Waals surface area (Å²) >= 11 is 5.85. The maximum Gasteiger partial charge on any atom is 0.240 e. The first-order valence-electron chi connectivity index (χ1n) is 6.43. The molecule has 1 amide bonds. The number of hydrogen-bond donors (Lipinski definition) is 0. The number of fused-ring (bicyclic) bond motifs is 1. The summed E-state index contributed by atoms with van der Waals surface area (Å²) in [6, 6.07) is 2.51. The molecule has 0 radical (unpaired) electrons. The number of nitrogens with zero attached hydrogens (tertiary/aromatic N) is 2. The topological polar surface area (TPSA) is 44.1 Å². The second kappa shape index (κ2) is 4.86. The van der Waals surface area contributed by atoms with E-state index >= 15 is 0 Å². The van der Waals surface area contributed by atoms with E-state index in [2.05, 4.69) is 6.07 Å². The molecule has 3 nitrogen and oxygen atoms in total. The Morgan fingerprint density at radius 1 is 1.53 bits per heavy atom. The summed E-state index contributed by atoms with van der Waals surface area (Å²) in [5, 5.41) is 9.02. The van der Waals surface area contributed by atoms with Gasteiger partial charge in [-0.1, -0.05) is 19.3 Å². The first-order valence-corrected chi connectivity index (χ1v) is 6.87. The molecule has 0 spiro atoms. The van der Waals surface area contributed by atoms with Crippen LogP contribution in [-0.2, 0) is 4.79 Å². The molecule has 0 aromatic heterocycles. The number of nitriles is 1. The van der Waals surface area contributed by atoms with Crippen molar-refractivity contribution in [3.05, 3.63) is 0 Å². The second-order valence-electron chi connectivity index (χ2n) is 5.40. The van der Waals surface area contributed by atoms with Gasteiger partial charge in [-0.15, -0.1) is 11.6 Å². The third kappa shape index (κ3) is 2.28. The minimum atomic E-state index is -0.479. The Morgan fingerprint density at radius 2 is 2.29 bits per heavy atom. The monoisotopic (exact) mass is 254 g/mol. The molecule has 1 aliphatic carbocycles. The molecule has 17 heavy (non-hydrogen) atoms. The molecule has 2 aliphatic rings. The lowest BCUT2D eigenvalue weighted by atomic mass is 9.76. The van der Waals surface area contributed by atoms with Crippen LogP contribution in [0.25, 0.3) is 0 Å². The summed E-state index contributed by atoms with van der Waals surface area (Å²) < 4.78 is 0. The Hall–Kier alpha value is -0.750. The molecule has 94 valence electrons. The summed E-state index contributed by atoms with van der Waals surface area (Å²) in [7, 11) is 0. The minimum Gasteiger partial charge on any atom is -0.339 e. The largest absolute Gasteiger partial charge is 0.339 e. The zero-order valence-electron chi connectivity index (χ0n) is 10.3. The van der Waals surface area contributed by atoms with E-state index in [1.165, 1.54) is 12.8 Å². The van der Waals surface area contributed by atoms with Crippen LogP contribution in [0.1, 0.15) is 39.0 Å². The highest BCUT2D eigenvalue weighted by molar-refractivity contribution is 6.30. The Kier molecular flexibility index (Phi) is 3.63. The van der Waals surface area contributed by atoms with Gasteiger partial charge in [0.25, 0.3) is 0 Å². The van der Waals surface area contributed by atoms with Crippen LogP contribution in [0.15, 0.2) is 0 Å². The lowest BCUT2D eigenvalue weighted by Crippen LogP contribution is -2.35. The van der Waals surface area contributed by atoms with E-state index in [1.54, 1.807) is 11.8 Å². The molecule has 4 heteroatoms. The average molecular weight is 255 g/mol. The third-order valence-corrected chi connectivity index (χ3v) is 4.43. The second-order valence-corrected chi connectivity index (χ2v) is 6.05. The van der Waals surface area contributed by atoms with E-state index < -0.39 is 5.38 Å². The minimum absolute atomic E-state index is 0.0191. The summed E-state index contributed by atoms with van der Waals surface area (Å²) in [5.74, 6) is 0.337. The highest BCUT2D eigenvalue weighted by Gasteiger charge is 2.48. The molecule has 1 saturated heterocycles. The van der Waals surface area contributed by atoms with Gasteiger partial charge in [0.1, 0.15) is 5.38 Å². The first-order chi connectivity index (χ1) is 8.09. The van der Waals surface area contributed by atoms with E-state index in [4.69, 9.17) is 11.6 Å². The fourth-order valence-electron chi connectivity index (χ4n) is 3.24. The van der Waals surface area contributed by atoms with Crippen molar-refractivity contribution in [2.24, 2.45) is 11.3 Å². The van der Waals surface area contributed by atoms with Crippen molar-refractivity contribution in [3.8, 4) is 6.07 Å². The highest BCUT2D eigenvalue weighted by Crippen LogP contribution is 2.45. The standard InChI is InChI=1S/C13H19ClN2O/c1-10(14)12(17)16-7-11-5-3-2-4-6-13(11,8-15)9-16/h10-11H,2-7,9H2,1H3. The van der Waals surface area contributed by atoms with E-state index in [-0.39, 0.29) is 11.3 Å². The molecule has 1 saturated carbocycles. The van der Waals surface area contributed by atoms with Gasteiger partial charge in [-0.25, -0.2) is 0 Å². The maximum atomic E-state index is 11.9. The Balaban J connectivity index is 2.16. The van der Waals surface area contributed by atoms with Gasteiger partial charge in [0, 0.05) is 13.1 Å². The first kappa shape index (κ1) is 12.7. The molecule has 3 unspecified atom stereocenters. The molecule has 1 aliphatic heterocycles. The van der Waals surface area contributed by atoms with Crippen molar-refractivity contribution >= 4 is 17.5 Å². The molecular formula is C13H19ClN2O. The van der Waals surface area contributed by atoms with Gasteiger partial charge in [0.2, 0.25) is 5.91 Å². The maximum absolute atomic E-state index is 11.9. The molecule has 0 aromatic carbocycles. The predicted octanol–water partition coefficient (Wildman–Crippen LogP) is 2.55. The van der Waals surface area contributed by atoms with Gasteiger partial charge in [-0.2, -0.15) is 5.26 Å². The molecule has 0 aromatic rings. The molecule has 0 bridgehead atoms. The van der Waals surface area contributed by atoms with Gasteiger partial charge in [-0.05, 0) is 25.7 Å². The summed E-state index contributed by atoms with van der Waals surface area (Å²) in [6.45, 7) is 3.02. The number of alkyl halides is 1. The number of hydrogen-bond acceptors (Lipinski definition) is 2. The van der Waals surface area contributed by atoms with Crippen LogP contribution in [-0.4, -0.2) is 29.3 Å². The molecule has 2 rings (SSSR count). The number of likely N-dealkylation sites (tertiary alicyclic amines) is 1. The van der Waals surface area contributed by atoms with Crippen molar-refractivity contribution in [3.63, 3.8) is 0 Å². The van der Waals surface area contributed by atoms with Crippen molar-refractivity contribution in [2.75, 3.05) is 13.1 Å². The van der Waals surface area contributed by atoms with E-state index in [0.29, 0.717) is 12.5 Å². The van der Waals surface area contributed by atoms with Crippen LogP contribution >= 0.6 is 11.6 Å². The Morgan fingerprint density at radius 3 is 2.94 bits per heavy atom. The van der Waals surface area contributed by atoms with Crippen LogP contribution in [0.3, 0.4) is 0 Å². The van der Waals surface area contributed by atoms with E-state index in [9.17, 15) is 10.1 Å². The quantitative estimate of drug-likeness (QED) is 0.675. The fraction of sp³-hybridized carbons (Fsp3) is 0.846. The van der Waals surface area contributed by atoms with E-state index in [0.717, 1.165) is 25.8 Å². The summed E-state index contributed by atoms with van der Waals surface area (Å²) in [5.41, 5.74) is -0.294. The third-order valence-electron chi connectivity index (χ3n) is 4.25. The number of carbonyl (C=O) groups excluding carboxylic acids is 1. The summed E-state index contributed by atoms with van der Waals surface area (Å²) in [6.07, 6.45) is 5.54. The van der Waals surface area contributed by atoms with Crippen LogP contribution in [0.4, 0.5) is 0 Å². The Labute approximate surface area is 108 Å².